The van der Waals surface area contributed by atoms with E-state index in [0.29, 0.717) is 0 Å². The standard InChI is InChI=1S/C7H8O2/c8-5-6-2-1-3-7(9)4-6/h1-4,8-9H,5H2/i2D,3D,4D,5D2. The van der Waals surface area contributed by atoms with E-state index in [0.717, 1.165) is 6.07 Å². The molecule has 0 aliphatic carbocycles. The van der Waals surface area contributed by atoms with Crippen LogP contribution < -0.4 is 0 Å². The van der Waals surface area contributed by atoms with Crippen LogP contribution in [0.25, 0.3) is 0 Å². The highest BCUT2D eigenvalue weighted by Crippen LogP contribution is 2.09. The van der Waals surface area contributed by atoms with Crippen molar-refractivity contribution in [1.29, 1.82) is 0 Å². The van der Waals surface area contributed by atoms with Crippen molar-refractivity contribution in [1.82, 2.24) is 0 Å². The molecule has 48 valence electrons. The molecule has 1 aromatic carbocycles. The third-order valence-corrected chi connectivity index (χ3v) is 0.781. The molecule has 2 heteroatoms. The molecule has 0 aliphatic heterocycles. The fraction of sp³-hybridized carbons (Fsp3) is 0.143. The lowest BCUT2D eigenvalue weighted by Crippen LogP contribution is -1.79. The smallest absolute Gasteiger partial charge is 0.115 e. The maximum atomic E-state index is 9.14. The Kier molecular flexibility index (Phi) is 0.643. The minimum atomic E-state index is -2.86. The molecular formula is C7H8O2. The van der Waals surface area contributed by atoms with Gasteiger partial charge in [0.2, 0.25) is 0 Å². The Labute approximate surface area is 60.4 Å². The largest absolute Gasteiger partial charge is 0.508 e. The van der Waals surface area contributed by atoms with Gasteiger partial charge in [0.1, 0.15) is 5.75 Å². The SMILES string of the molecule is [2H]c1cc([2H])c(C([2H])([2H])O)c([2H])c1O. The van der Waals surface area contributed by atoms with E-state index in [1.54, 1.807) is 0 Å². The summed E-state index contributed by atoms with van der Waals surface area (Å²) in [5.41, 5.74) is -0.633. The van der Waals surface area contributed by atoms with Gasteiger partial charge in [0.15, 0.2) is 0 Å². The average molecular weight is 129 g/mol. The van der Waals surface area contributed by atoms with Gasteiger partial charge in [-0.1, -0.05) is 12.1 Å². The summed E-state index contributed by atoms with van der Waals surface area (Å²) < 4.78 is 35.5. The molecule has 0 saturated heterocycles. The van der Waals surface area contributed by atoms with Crippen molar-refractivity contribution in [2.75, 3.05) is 0 Å². The molecule has 0 heterocycles. The number of hydrogen-bond acceptors (Lipinski definition) is 2. The second kappa shape index (κ2) is 2.51. The summed E-state index contributed by atoms with van der Waals surface area (Å²) in [6, 6.07) is -0.773. The van der Waals surface area contributed by atoms with E-state index in [1.807, 2.05) is 0 Å². The van der Waals surface area contributed by atoms with Crippen molar-refractivity contribution in [3.63, 3.8) is 0 Å². The number of phenols is 1. The summed E-state index contributed by atoms with van der Waals surface area (Å²) in [6.07, 6.45) is 0. The minimum Gasteiger partial charge on any atom is -0.508 e. The van der Waals surface area contributed by atoms with E-state index >= 15 is 0 Å². The van der Waals surface area contributed by atoms with Crippen molar-refractivity contribution < 1.29 is 17.1 Å². The summed E-state index contributed by atoms with van der Waals surface area (Å²) in [6.45, 7) is -2.86. The summed E-state index contributed by atoms with van der Waals surface area (Å²) in [4.78, 5) is 0. The Hall–Kier alpha value is -1.02. The molecule has 1 rings (SSSR count). The van der Waals surface area contributed by atoms with Gasteiger partial charge in [0.25, 0.3) is 0 Å². The molecule has 9 heavy (non-hydrogen) atoms. The highest BCUT2D eigenvalue weighted by atomic mass is 16.3. The highest BCUT2D eigenvalue weighted by molar-refractivity contribution is 5.26. The van der Waals surface area contributed by atoms with Gasteiger partial charge in [-0.05, 0) is 17.6 Å². The van der Waals surface area contributed by atoms with Crippen LogP contribution in [0.4, 0.5) is 0 Å². The van der Waals surface area contributed by atoms with Gasteiger partial charge in [0.05, 0.1) is 13.4 Å². The lowest BCUT2D eigenvalue weighted by Gasteiger charge is -1.93. The Morgan fingerprint density at radius 3 is 3.11 bits per heavy atom. The monoisotopic (exact) mass is 129 g/mol. The number of hydrogen-bond donors (Lipinski definition) is 2. The quantitative estimate of drug-likeness (QED) is 0.591. The zero-order valence-corrected chi connectivity index (χ0v) is 4.47. The Balaban J connectivity index is 3.53. The van der Waals surface area contributed by atoms with Crippen molar-refractivity contribution in [3.05, 3.63) is 29.8 Å². The maximum Gasteiger partial charge on any atom is 0.115 e. The molecule has 0 fully saturated rings. The van der Waals surface area contributed by atoms with Crippen LogP contribution in [0.2, 0.25) is 0 Å². The lowest BCUT2D eigenvalue weighted by atomic mass is 10.2. The van der Waals surface area contributed by atoms with Crippen LogP contribution in [-0.4, -0.2) is 10.2 Å². The number of rotatable bonds is 1. The van der Waals surface area contributed by atoms with Crippen LogP contribution in [0.15, 0.2) is 24.2 Å². The number of benzene rings is 1. The van der Waals surface area contributed by atoms with Crippen molar-refractivity contribution >= 4 is 0 Å². The molecule has 0 bridgehead atoms. The minimum absolute atomic E-state index is 0.437. The van der Waals surface area contributed by atoms with Gasteiger partial charge < -0.3 is 10.2 Å². The van der Waals surface area contributed by atoms with Crippen molar-refractivity contribution in [2.24, 2.45) is 0 Å². The van der Waals surface area contributed by atoms with Crippen LogP contribution in [0.5, 0.6) is 5.75 Å². The van der Waals surface area contributed by atoms with E-state index in [4.69, 9.17) is 17.1 Å². The van der Waals surface area contributed by atoms with Gasteiger partial charge in [-0.15, -0.1) is 0 Å². The van der Waals surface area contributed by atoms with Crippen LogP contribution in [0, 0.1) is 0 Å². The third kappa shape index (κ3) is 1.44. The molecule has 0 spiro atoms. The molecule has 2 N–H and O–H groups in total. The number of aliphatic hydroxyl groups is 1. The topological polar surface area (TPSA) is 40.5 Å². The Bertz CT molecular complexity index is 371. The van der Waals surface area contributed by atoms with Gasteiger partial charge in [-0.2, -0.15) is 0 Å². The summed E-state index contributed by atoms with van der Waals surface area (Å²) in [5.74, 6) is -0.742. The molecule has 0 aromatic heterocycles. The normalized spacial score (nSPS) is 19.0. The molecule has 2 nitrogen and oxygen atoms in total. The van der Waals surface area contributed by atoms with E-state index in [9.17, 15) is 0 Å². The second-order valence-electron chi connectivity index (χ2n) is 1.39. The van der Waals surface area contributed by atoms with E-state index in [-0.39, 0.29) is 0 Å². The summed E-state index contributed by atoms with van der Waals surface area (Å²) in [5, 5.41) is 18.1. The summed E-state index contributed by atoms with van der Waals surface area (Å²) >= 11 is 0. The maximum absolute atomic E-state index is 9.14. The van der Waals surface area contributed by atoms with Crippen LogP contribution in [-0.2, 0) is 6.56 Å². The fourth-order valence-electron chi connectivity index (χ4n) is 0.427. The Morgan fingerprint density at radius 2 is 2.44 bits per heavy atom. The lowest BCUT2D eigenvalue weighted by molar-refractivity contribution is 0.281. The molecule has 0 atom stereocenters. The first-order valence-electron chi connectivity index (χ1n) is 4.77. The van der Waals surface area contributed by atoms with E-state index < -0.39 is 36.0 Å². The van der Waals surface area contributed by atoms with Gasteiger partial charge in [-0.3, -0.25) is 0 Å². The fourth-order valence-corrected chi connectivity index (χ4v) is 0.427. The van der Waals surface area contributed by atoms with Crippen LogP contribution >= 0.6 is 0 Å². The molecule has 0 unspecified atom stereocenters. The number of phenolic OH excluding ortho intramolecular Hbond substituents is 1. The molecule has 0 aliphatic rings. The van der Waals surface area contributed by atoms with Crippen LogP contribution in [0.1, 0.15) is 12.4 Å². The molecular weight excluding hydrogens is 116 g/mol. The highest BCUT2D eigenvalue weighted by Gasteiger charge is 1.88. The van der Waals surface area contributed by atoms with Gasteiger partial charge in [-0.25, -0.2) is 0 Å². The zero-order valence-electron chi connectivity index (χ0n) is 9.47. The molecule has 0 radical (unpaired) electrons. The number of aromatic hydroxyl groups is 1. The van der Waals surface area contributed by atoms with Crippen LogP contribution in [0.3, 0.4) is 0 Å². The van der Waals surface area contributed by atoms with E-state index in [2.05, 4.69) is 0 Å². The van der Waals surface area contributed by atoms with E-state index in [1.165, 1.54) is 0 Å². The van der Waals surface area contributed by atoms with Crippen molar-refractivity contribution in [2.45, 2.75) is 6.56 Å². The first-order chi connectivity index (χ1) is 6.25. The Morgan fingerprint density at radius 1 is 1.67 bits per heavy atom. The van der Waals surface area contributed by atoms with Crippen molar-refractivity contribution in [3.8, 4) is 5.75 Å². The predicted molar refractivity (Wildman–Crippen MR) is 34.0 cm³/mol. The summed E-state index contributed by atoms with van der Waals surface area (Å²) in [7, 11) is 0. The first kappa shape index (κ1) is 2.31. The zero-order chi connectivity index (χ0) is 11.1. The first-order valence-corrected chi connectivity index (χ1v) is 2.27. The second-order valence-corrected chi connectivity index (χ2v) is 1.39. The molecule has 0 saturated carbocycles. The molecule has 0 amide bonds. The van der Waals surface area contributed by atoms with Gasteiger partial charge >= 0.3 is 0 Å². The molecule has 1 aromatic rings. The third-order valence-electron chi connectivity index (χ3n) is 0.781. The van der Waals surface area contributed by atoms with Gasteiger partial charge in [0, 0.05) is 0 Å². The average Bonchev–Trinajstić information content (AvgIpc) is 1.97. The predicted octanol–water partition coefficient (Wildman–Crippen LogP) is 0.884.